The fraction of sp³-hybridized carbons (Fsp3) is 0.500. The third kappa shape index (κ3) is 2.66. The van der Waals surface area contributed by atoms with Gasteiger partial charge in [-0.05, 0) is 30.9 Å². The maximum Gasteiger partial charge on any atom is 0.325 e. The smallest absolute Gasteiger partial charge is 0.325 e. The van der Waals surface area contributed by atoms with Crippen LogP contribution < -0.4 is 10.1 Å². The summed E-state index contributed by atoms with van der Waals surface area (Å²) in [5, 5.41) is 2.86. The predicted molar refractivity (Wildman–Crippen MR) is 87.9 cm³/mol. The van der Waals surface area contributed by atoms with E-state index >= 15 is 0 Å². The van der Waals surface area contributed by atoms with E-state index in [1.807, 2.05) is 6.92 Å². The second-order valence-electron chi connectivity index (χ2n) is 6.59. The first kappa shape index (κ1) is 16.5. The maximum atomic E-state index is 12.9. The predicted octanol–water partition coefficient (Wildman–Crippen LogP) is 2.38. The van der Waals surface area contributed by atoms with E-state index in [9.17, 15) is 14.4 Å². The number of hydrogen-bond donors (Lipinski definition) is 1. The second kappa shape index (κ2) is 6.26. The first-order chi connectivity index (χ1) is 11.5. The Labute approximate surface area is 141 Å². The van der Waals surface area contributed by atoms with Gasteiger partial charge in [-0.2, -0.15) is 0 Å². The minimum absolute atomic E-state index is 0.0830. The monoisotopic (exact) mass is 330 g/mol. The van der Waals surface area contributed by atoms with Gasteiger partial charge in [0, 0.05) is 5.56 Å². The highest BCUT2D eigenvalue weighted by Crippen LogP contribution is 2.38. The van der Waals surface area contributed by atoms with Crippen molar-refractivity contribution in [2.24, 2.45) is 5.92 Å². The zero-order valence-electron chi connectivity index (χ0n) is 14.0. The molecular formula is C18H22N2O4. The molecule has 6 nitrogen and oxygen atoms in total. The lowest BCUT2D eigenvalue weighted by atomic mass is 9.73. The van der Waals surface area contributed by atoms with Gasteiger partial charge in [0.05, 0.1) is 13.7 Å². The summed E-state index contributed by atoms with van der Waals surface area (Å²) < 4.78 is 5.11. The van der Waals surface area contributed by atoms with E-state index in [1.165, 1.54) is 7.11 Å². The molecule has 1 heterocycles. The van der Waals surface area contributed by atoms with Gasteiger partial charge in [0.15, 0.2) is 5.78 Å². The number of imide groups is 1. The summed E-state index contributed by atoms with van der Waals surface area (Å²) in [6.45, 7) is 1.75. The molecule has 0 unspecified atom stereocenters. The van der Waals surface area contributed by atoms with Gasteiger partial charge in [0.2, 0.25) is 0 Å². The van der Waals surface area contributed by atoms with E-state index in [0.717, 1.165) is 24.2 Å². The minimum Gasteiger partial charge on any atom is -0.497 e. The lowest BCUT2D eigenvalue weighted by molar-refractivity contribution is -0.133. The number of urea groups is 1. The Bertz CT molecular complexity index is 687. The molecule has 1 aliphatic heterocycles. The summed E-state index contributed by atoms with van der Waals surface area (Å²) in [4.78, 5) is 38.7. The number of ether oxygens (including phenoxy) is 1. The van der Waals surface area contributed by atoms with Gasteiger partial charge >= 0.3 is 6.03 Å². The van der Waals surface area contributed by atoms with Crippen molar-refractivity contribution in [2.45, 2.75) is 38.1 Å². The van der Waals surface area contributed by atoms with Crippen LogP contribution in [0.2, 0.25) is 0 Å². The molecule has 1 aromatic carbocycles. The molecule has 3 rings (SSSR count). The van der Waals surface area contributed by atoms with E-state index in [-0.39, 0.29) is 24.2 Å². The normalized spacial score (nSPS) is 26.6. The Morgan fingerprint density at radius 1 is 1.38 bits per heavy atom. The van der Waals surface area contributed by atoms with Crippen molar-refractivity contribution in [3.63, 3.8) is 0 Å². The Morgan fingerprint density at radius 2 is 2.17 bits per heavy atom. The Balaban J connectivity index is 1.78. The highest BCUT2D eigenvalue weighted by atomic mass is 16.5. The standard InChI is InChI=1S/C18H22N2O4/c1-12-6-3-4-9-18(12)16(22)20(17(23)19-18)11-15(21)13-7-5-8-14(10-13)24-2/h5,7-8,10,12H,3-4,6,9,11H2,1-2H3,(H,19,23)/t12-,18+/m0/s1. The molecule has 2 atom stereocenters. The number of amides is 3. The first-order valence-electron chi connectivity index (χ1n) is 8.29. The second-order valence-corrected chi connectivity index (χ2v) is 6.59. The van der Waals surface area contributed by atoms with Crippen LogP contribution in [-0.4, -0.2) is 41.8 Å². The van der Waals surface area contributed by atoms with Crippen molar-refractivity contribution in [2.75, 3.05) is 13.7 Å². The SMILES string of the molecule is COc1cccc(C(=O)CN2C(=O)N[C@@]3(CCCC[C@@H]3C)C2=O)c1. The van der Waals surface area contributed by atoms with E-state index in [2.05, 4.69) is 5.32 Å². The molecule has 0 aromatic heterocycles. The molecule has 3 amide bonds. The topological polar surface area (TPSA) is 75.7 Å². The van der Waals surface area contributed by atoms with E-state index in [4.69, 9.17) is 4.74 Å². The molecule has 1 saturated heterocycles. The Hall–Kier alpha value is -2.37. The average molecular weight is 330 g/mol. The van der Waals surface area contributed by atoms with Crippen molar-refractivity contribution < 1.29 is 19.1 Å². The van der Waals surface area contributed by atoms with Crippen LogP contribution in [0.5, 0.6) is 5.75 Å². The largest absolute Gasteiger partial charge is 0.497 e. The quantitative estimate of drug-likeness (QED) is 0.679. The summed E-state index contributed by atoms with van der Waals surface area (Å²) in [6.07, 6.45) is 3.52. The van der Waals surface area contributed by atoms with Crippen molar-refractivity contribution in [3.05, 3.63) is 29.8 Å². The van der Waals surface area contributed by atoms with E-state index in [1.54, 1.807) is 24.3 Å². The van der Waals surface area contributed by atoms with Crippen molar-refractivity contribution in [3.8, 4) is 5.75 Å². The highest BCUT2D eigenvalue weighted by molar-refractivity contribution is 6.11. The summed E-state index contributed by atoms with van der Waals surface area (Å²) in [7, 11) is 1.52. The lowest BCUT2D eigenvalue weighted by Gasteiger charge is -2.36. The van der Waals surface area contributed by atoms with Crippen molar-refractivity contribution in [1.82, 2.24) is 10.2 Å². The zero-order valence-corrected chi connectivity index (χ0v) is 14.0. The number of nitrogens with one attached hydrogen (secondary N) is 1. The molecule has 2 aliphatic rings. The van der Waals surface area contributed by atoms with Gasteiger partial charge in [0.1, 0.15) is 11.3 Å². The Kier molecular flexibility index (Phi) is 4.30. The number of carbonyl (C=O) groups is 3. The summed E-state index contributed by atoms with van der Waals surface area (Å²) in [6, 6.07) is 6.25. The fourth-order valence-electron chi connectivity index (χ4n) is 3.67. The molecule has 1 saturated carbocycles. The van der Waals surface area contributed by atoms with Crippen LogP contribution in [0.15, 0.2) is 24.3 Å². The van der Waals surface area contributed by atoms with Gasteiger partial charge in [0.25, 0.3) is 5.91 Å². The zero-order chi connectivity index (χ0) is 17.3. The molecule has 0 bridgehead atoms. The third-order valence-corrected chi connectivity index (χ3v) is 5.19. The van der Waals surface area contributed by atoms with Gasteiger partial charge < -0.3 is 10.1 Å². The third-order valence-electron chi connectivity index (χ3n) is 5.19. The van der Waals surface area contributed by atoms with E-state index in [0.29, 0.717) is 17.7 Å². The molecule has 1 N–H and O–H groups in total. The van der Waals surface area contributed by atoms with Gasteiger partial charge in [-0.25, -0.2) is 4.79 Å². The number of nitrogens with zero attached hydrogens (tertiary/aromatic N) is 1. The molecule has 1 spiro atoms. The molecule has 6 heteroatoms. The van der Waals surface area contributed by atoms with Crippen molar-refractivity contribution >= 4 is 17.7 Å². The maximum absolute atomic E-state index is 12.9. The molecule has 0 radical (unpaired) electrons. The molecule has 128 valence electrons. The van der Waals surface area contributed by atoms with Crippen LogP contribution >= 0.6 is 0 Å². The van der Waals surface area contributed by atoms with Crippen LogP contribution in [0.3, 0.4) is 0 Å². The van der Waals surface area contributed by atoms with Crippen LogP contribution in [0.4, 0.5) is 4.79 Å². The lowest BCUT2D eigenvalue weighted by Crippen LogP contribution is -2.54. The number of hydrogen-bond acceptors (Lipinski definition) is 4. The van der Waals surface area contributed by atoms with Crippen LogP contribution in [0.1, 0.15) is 43.0 Å². The number of ketones is 1. The van der Waals surface area contributed by atoms with Crippen molar-refractivity contribution in [1.29, 1.82) is 0 Å². The van der Waals surface area contributed by atoms with Gasteiger partial charge in [-0.15, -0.1) is 0 Å². The molecule has 24 heavy (non-hydrogen) atoms. The van der Waals surface area contributed by atoms with Gasteiger partial charge in [-0.3, -0.25) is 14.5 Å². The van der Waals surface area contributed by atoms with Gasteiger partial charge in [-0.1, -0.05) is 31.9 Å². The molecule has 1 aliphatic carbocycles. The Morgan fingerprint density at radius 3 is 2.88 bits per heavy atom. The number of methoxy groups -OCH3 is 1. The number of carbonyl (C=O) groups excluding carboxylic acids is 3. The number of Topliss-reactive ketones (excluding diaryl/α,β-unsaturated/α-hetero) is 1. The highest BCUT2D eigenvalue weighted by Gasteiger charge is 2.55. The fourth-order valence-corrected chi connectivity index (χ4v) is 3.67. The average Bonchev–Trinajstić information content (AvgIpc) is 2.82. The molecular weight excluding hydrogens is 308 g/mol. The van der Waals surface area contributed by atoms with Crippen LogP contribution in [0, 0.1) is 5.92 Å². The summed E-state index contributed by atoms with van der Waals surface area (Å²) in [5.41, 5.74) is -0.406. The van der Waals surface area contributed by atoms with Crippen LogP contribution in [-0.2, 0) is 4.79 Å². The molecule has 2 fully saturated rings. The van der Waals surface area contributed by atoms with E-state index < -0.39 is 11.6 Å². The molecule has 1 aromatic rings. The first-order valence-corrected chi connectivity index (χ1v) is 8.29. The van der Waals surface area contributed by atoms with Crippen LogP contribution in [0.25, 0.3) is 0 Å². The minimum atomic E-state index is -0.829. The number of rotatable bonds is 4. The summed E-state index contributed by atoms with van der Waals surface area (Å²) in [5.74, 6) is 0.101. The summed E-state index contributed by atoms with van der Waals surface area (Å²) >= 11 is 0. The number of benzene rings is 1.